The Morgan fingerprint density at radius 3 is 0.977 bits per heavy atom. The highest BCUT2D eigenvalue weighted by molar-refractivity contribution is 5.70. The number of esters is 2. The Hall–Kier alpha value is -3.27. The number of ether oxygens (including phenoxy) is 4. The molecule has 0 radical (unpaired) electrons. The number of rotatable bonds is 69. The highest BCUT2D eigenvalue weighted by Gasteiger charge is 2.22. The topological polar surface area (TPSA) is 111 Å². The molecule has 0 aliphatic heterocycles. The lowest BCUT2D eigenvalue weighted by Crippen LogP contribution is -2.44. The molecule has 0 aromatic carbocycles. The van der Waals surface area contributed by atoms with Crippen molar-refractivity contribution >= 4 is 17.9 Å². The van der Waals surface area contributed by atoms with Crippen LogP contribution in [0.15, 0.2) is 72.9 Å². The molecule has 506 valence electrons. The van der Waals surface area contributed by atoms with E-state index in [1.165, 1.54) is 238 Å². The van der Waals surface area contributed by atoms with Crippen LogP contribution in [0.3, 0.4) is 0 Å². The standard InChI is InChI=1S/C78H141NO8/c1-6-8-10-12-14-16-18-20-22-24-26-28-30-31-32-33-34-35-36-37-38-39-40-41-42-43-44-45-47-48-50-52-54-56-58-60-62-64-66-68-75(80)85-72-74(73-86-78(77(82)83)84-71-70-79(3,4)5)87-76(81)69-67-65-63-61-59-57-55-53-51-49-46-29-27-25-23-21-19-17-15-13-11-9-7-2/h9,11,15,17-18,20-21,23-24,26-27,29,74,78H,6-8,10,12-14,16,19,22,25,28,30-73H2,1-5H3/b11-9-,17-15-,20-18-,23-21-,26-24-,29-27-. The van der Waals surface area contributed by atoms with Crippen molar-refractivity contribution < 1.29 is 42.9 Å². The molecule has 2 atom stereocenters. The molecule has 0 fully saturated rings. The van der Waals surface area contributed by atoms with Crippen molar-refractivity contribution in [2.45, 2.75) is 360 Å². The van der Waals surface area contributed by atoms with Gasteiger partial charge in [0.15, 0.2) is 12.4 Å². The van der Waals surface area contributed by atoms with E-state index in [0.29, 0.717) is 23.9 Å². The monoisotopic (exact) mass is 1220 g/mol. The molecule has 2 unspecified atom stereocenters. The summed E-state index contributed by atoms with van der Waals surface area (Å²) in [6, 6.07) is 0. The van der Waals surface area contributed by atoms with Crippen LogP contribution < -0.4 is 5.11 Å². The van der Waals surface area contributed by atoms with Gasteiger partial charge < -0.3 is 33.3 Å². The molecule has 0 N–H and O–H groups in total. The van der Waals surface area contributed by atoms with Crippen molar-refractivity contribution in [3.05, 3.63) is 72.9 Å². The fourth-order valence-corrected chi connectivity index (χ4v) is 10.8. The maximum atomic E-state index is 12.9. The Balaban J connectivity index is 3.97. The third-order valence-corrected chi connectivity index (χ3v) is 16.4. The van der Waals surface area contributed by atoms with E-state index in [1.807, 2.05) is 21.1 Å². The average Bonchev–Trinajstić information content (AvgIpc) is 3.50. The Bertz CT molecular complexity index is 1660. The van der Waals surface area contributed by atoms with Crippen LogP contribution >= 0.6 is 0 Å². The van der Waals surface area contributed by atoms with Crippen LogP contribution in [0.25, 0.3) is 0 Å². The number of aliphatic carboxylic acids is 1. The number of hydrogen-bond donors (Lipinski definition) is 0. The number of carbonyl (C=O) groups excluding carboxylic acids is 3. The number of quaternary nitrogens is 1. The molecular weight excluding hydrogens is 1080 g/mol. The molecule has 0 aliphatic carbocycles. The zero-order chi connectivity index (χ0) is 63.3. The molecule has 87 heavy (non-hydrogen) atoms. The largest absolute Gasteiger partial charge is 0.545 e. The van der Waals surface area contributed by atoms with Crippen LogP contribution in [0.2, 0.25) is 0 Å². The van der Waals surface area contributed by atoms with E-state index in [2.05, 4.69) is 86.8 Å². The molecule has 0 bridgehead atoms. The van der Waals surface area contributed by atoms with Gasteiger partial charge in [-0.1, -0.05) is 324 Å². The minimum Gasteiger partial charge on any atom is -0.545 e. The first-order chi connectivity index (χ1) is 42.6. The summed E-state index contributed by atoms with van der Waals surface area (Å²) in [6.07, 6.45) is 88.7. The second kappa shape index (κ2) is 68.6. The fourth-order valence-electron chi connectivity index (χ4n) is 10.8. The molecular formula is C78H141NO8. The second-order valence-corrected chi connectivity index (χ2v) is 26.2. The number of allylic oxidation sites excluding steroid dienone is 12. The van der Waals surface area contributed by atoms with Crippen LogP contribution in [0.4, 0.5) is 0 Å². The molecule has 0 aromatic heterocycles. The van der Waals surface area contributed by atoms with Crippen LogP contribution in [0.5, 0.6) is 0 Å². The summed E-state index contributed by atoms with van der Waals surface area (Å²) >= 11 is 0. The van der Waals surface area contributed by atoms with Crippen LogP contribution in [-0.2, 0) is 33.3 Å². The zero-order valence-corrected chi connectivity index (χ0v) is 57.9. The second-order valence-electron chi connectivity index (χ2n) is 26.2. The summed E-state index contributed by atoms with van der Waals surface area (Å²) in [7, 11) is 5.94. The lowest BCUT2D eigenvalue weighted by Gasteiger charge is -2.26. The van der Waals surface area contributed by atoms with Crippen LogP contribution in [0.1, 0.15) is 348 Å². The fraction of sp³-hybridized carbons (Fsp3) is 0.808. The van der Waals surface area contributed by atoms with Crippen molar-refractivity contribution in [1.29, 1.82) is 0 Å². The molecule has 0 spiro atoms. The SMILES string of the molecule is CC/C=C\C/C=C\C/C=C\C/C=C\CCCCCCCCCCCCC(=O)OC(COC(=O)CCCCCCCCCCCCCCCCCCCCCCCCCCCCC/C=C\C/C=C\CCCCCCC)COC(OCC[N+](C)(C)C)C(=O)[O-]. The number of unbranched alkanes of at least 4 members (excludes halogenated alkanes) is 42. The van der Waals surface area contributed by atoms with Crippen molar-refractivity contribution in [3.63, 3.8) is 0 Å². The summed E-state index contributed by atoms with van der Waals surface area (Å²) in [5.74, 6) is -2.27. The maximum Gasteiger partial charge on any atom is 0.306 e. The summed E-state index contributed by atoms with van der Waals surface area (Å²) in [4.78, 5) is 37.5. The summed E-state index contributed by atoms with van der Waals surface area (Å²) < 4.78 is 22.8. The third kappa shape index (κ3) is 70.1. The molecule has 0 aromatic rings. The van der Waals surface area contributed by atoms with Gasteiger partial charge in [-0.3, -0.25) is 9.59 Å². The van der Waals surface area contributed by atoms with Crippen molar-refractivity contribution in [2.24, 2.45) is 0 Å². The number of nitrogens with zero attached hydrogens (tertiary/aromatic N) is 1. The molecule has 0 saturated carbocycles. The first-order valence-electron chi connectivity index (χ1n) is 37.1. The van der Waals surface area contributed by atoms with Gasteiger partial charge in [0.05, 0.1) is 40.3 Å². The molecule has 0 amide bonds. The van der Waals surface area contributed by atoms with Crippen LogP contribution in [-0.4, -0.2) is 82.3 Å². The van der Waals surface area contributed by atoms with E-state index in [-0.39, 0.29) is 32.2 Å². The van der Waals surface area contributed by atoms with Gasteiger partial charge in [-0.15, -0.1) is 0 Å². The highest BCUT2D eigenvalue weighted by Crippen LogP contribution is 2.19. The van der Waals surface area contributed by atoms with E-state index in [1.54, 1.807) is 0 Å². The normalized spacial score (nSPS) is 13.1. The van der Waals surface area contributed by atoms with Gasteiger partial charge in [0.1, 0.15) is 13.2 Å². The number of hydrogen-bond acceptors (Lipinski definition) is 8. The van der Waals surface area contributed by atoms with Gasteiger partial charge in [-0.2, -0.15) is 0 Å². The Labute approximate surface area is 538 Å². The highest BCUT2D eigenvalue weighted by atomic mass is 16.7. The van der Waals surface area contributed by atoms with Gasteiger partial charge in [-0.25, -0.2) is 0 Å². The minimum atomic E-state index is -1.62. The van der Waals surface area contributed by atoms with Crippen molar-refractivity contribution in [2.75, 3.05) is 47.5 Å². The average molecular weight is 1220 g/mol. The Morgan fingerprint density at radius 2 is 0.655 bits per heavy atom. The van der Waals surface area contributed by atoms with Crippen molar-refractivity contribution in [3.8, 4) is 0 Å². The van der Waals surface area contributed by atoms with E-state index in [9.17, 15) is 19.5 Å². The van der Waals surface area contributed by atoms with Gasteiger partial charge in [0.25, 0.3) is 0 Å². The number of carbonyl (C=O) groups is 3. The predicted octanol–water partition coefficient (Wildman–Crippen LogP) is 21.9. The zero-order valence-electron chi connectivity index (χ0n) is 57.9. The van der Waals surface area contributed by atoms with Crippen LogP contribution in [0, 0.1) is 0 Å². The molecule has 0 heterocycles. The molecule has 9 nitrogen and oxygen atoms in total. The van der Waals surface area contributed by atoms with Crippen molar-refractivity contribution in [1.82, 2.24) is 0 Å². The van der Waals surface area contributed by atoms with Gasteiger partial charge in [0.2, 0.25) is 0 Å². The lowest BCUT2D eigenvalue weighted by atomic mass is 10.0. The summed E-state index contributed by atoms with van der Waals surface area (Å²) in [5.41, 5.74) is 0. The Kier molecular flexibility index (Phi) is 66.1. The summed E-state index contributed by atoms with van der Waals surface area (Å²) in [5, 5.41) is 11.8. The minimum absolute atomic E-state index is 0.146. The van der Waals surface area contributed by atoms with Gasteiger partial charge >= 0.3 is 11.9 Å². The van der Waals surface area contributed by atoms with Gasteiger partial charge in [-0.05, 0) is 83.5 Å². The molecule has 0 aliphatic rings. The number of likely N-dealkylation sites (N-methyl/N-ethyl adjacent to an activating group) is 1. The quantitative estimate of drug-likeness (QED) is 0.0195. The van der Waals surface area contributed by atoms with Gasteiger partial charge in [0, 0.05) is 12.8 Å². The lowest BCUT2D eigenvalue weighted by molar-refractivity contribution is -0.870. The first-order valence-corrected chi connectivity index (χ1v) is 37.1. The summed E-state index contributed by atoms with van der Waals surface area (Å²) in [6.45, 7) is 4.66. The smallest absolute Gasteiger partial charge is 0.306 e. The molecule has 0 saturated heterocycles. The van der Waals surface area contributed by atoms with E-state index in [4.69, 9.17) is 18.9 Å². The number of carboxylic acid groups (broad SMARTS) is 1. The predicted molar refractivity (Wildman–Crippen MR) is 371 cm³/mol. The van der Waals surface area contributed by atoms with E-state index in [0.717, 1.165) is 77.0 Å². The maximum absolute atomic E-state index is 12.9. The molecule has 9 heteroatoms. The first kappa shape index (κ1) is 83.7. The number of carboxylic acids is 1. The third-order valence-electron chi connectivity index (χ3n) is 16.4. The van der Waals surface area contributed by atoms with E-state index < -0.39 is 24.3 Å². The Morgan fingerprint density at radius 1 is 0.356 bits per heavy atom. The van der Waals surface area contributed by atoms with E-state index >= 15 is 0 Å². The molecule has 0 rings (SSSR count).